The number of ether oxygens (including phenoxy) is 1. The molecule has 1 fully saturated rings. The Labute approximate surface area is 164 Å². The molecule has 0 radical (unpaired) electrons. The Morgan fingerprint density at radius 3 is 2.29 bits per heavy atom. The predicted octanol–water partition coefficient (Wildman–Crippen LogP) is 3.45. The molecule has 1 aliphatic carbocycles. The largest absolute Gasteiger partial charge is 0.484 e. The predicted molar refractivity (Wildman–Crippen MR) is 104 cm³/mol. The smallest absolute Gasteiger partial charge is 0.261 e. The van der Waals surface area contributed by atoms with Gasteiger partial charge in [0.15, 0.2) is 6.61 Å². The normalized spacial score (nSPS) is 15.0. The highest BCUT2D eigenvalue weighted by Gasteiger charge is 2.17. The molecule has 0 unspecified atom stereocenters. The summed E-state index contributed by atoms with van der Waals surface area (Å²) in [5, 5.41) is 2.96. The van der Waals surface area contributed by atoms with Crippen molar-refractivity contribution in [1.82, 2.24) is 5.32 Å². The third-order valence-electron chi connectivity index (χ3n) is 4.57. The molecule has 8 heteroatoms. The molecule has 1 amide bonds. The Hall–Kier alpha value is -2.61. The maximum Gasteiger partial charge on any atom is 0.261 e. The number of anilines is 1. The molecule has 2 aromatic rings. The van der Waals surface area contributed by atoms with Crippen molar-refractivity contribution in [3.63, 3.8) is 0 Å². The Morgan fingerprint density at radius 1 is 1.00 bits per heavy atom. The first kappa shape index (κ1) is 20.1. The fourth-order valence-electron chi connectivity index (χ4n) is 3.11. The molecule has 6 nitrogen and oxygen atoms in total. The highest BCUT2D eigenvalue weighted by molar-refractivity contribution is 7.92. The number of halogens is 1. The maximum absolute atomic E-state index is 12.9. The third kappa shape index (κ3) is 5.69. The van der Waals surface area contributed by atoms with Crippen LogP contribution in [0.5, 0.6) is 5.75 Å². The van der Waals surface area contributed by atoms with Gasteiger partial charge in [0, 0.05) is 11.7 Å². The average Bonchev–Trinajstić information content (AvgIpc) is 2.69. The van der Waals surface area contributed by atoms with Crippen LogP contribution in [0.4, 0.5) is 10.1 Å². The Kier molecular flexibility index (Phi) is 6.51. The lowest BCUT2D eigenvalue weighted by molar-refractivity contribution is -0.124. The standard InChI is InChI=1S/C20H23FN2O4S/c21-15-6-8-17(9-7-15)23-28(25,26)19-12-10-18(11-13-19)27-14-20(24)22-16-4-2-1-3-5-16/h6-13,16,23H,1-5,14H2,(H,22,24). The quantitative estimate of drug-likeness (QED) is 0.738. The molecule has 0 saturated heterocycles. The average molecular weight is 406 g/mol. The van der Waals surface area contributed by atoms with E-state index in [1.807, 2.05) is 0 Å². The van der Waals surface area contributed by atoms with Crippen LogP contribution >= 0.6 is 0 Å². The zero-order valence-corrected chi connectivity index (χ0v) is 16.2. The van der Waals surface area contributed by atoms with Gasteiger partial charge in [-0.2, -0.15) is 0 Å². The number of sulfonamides is 1. The zero-order chi connectivity index (χ0) is 20.0. The van der Waals surface area contributed by atoms with E-state index >= 15 is 0 Å². The van der Waals surface area contributed by atoms with Crippen LogP contribution in [-0.4, -0.2) is 27.0 Å². The molecule has 0 aromatic heterocycles. The van der Waals surface area contributed by atoms with Crippen molar-refractivity contribution in [3.05, 3.63) is 54.3 Å². The SMILES string of the molecule is O=C(COc1ccc(S(=O)(=O)Nc2ccc(F)cc2)cc1)NC1CCCCC1. The van der Waals surface area contributed by atoms with Crippen LogP contribution < -0.4 is 14.8 Å². The Balaban J connectivity index is 1.53. The number of rotatable bonds is 7. The number of amides is 1. The van der Waals surface area contributed by atoms with Gasteiger partial charge in [0.1, 0.15) is 11.6 Å². The fourth-order valence-corrected chi connectivity index (χ4v) is 4.17. The van der Waals surface area contributed by atoms with E-state index in [1.54, 1.807) is 0 Å². The number of benzene rings is 2. The summed E-state index contributed by atoms with van der Waals surface area (Å²) in [6.45, 7) is -0.115. The second kappa shape index (κ2) is 9.05. The van der Waals surface area contributed by atoms with Crippen LogP contribution in [-0.2, 0) is 14.8 Å². The van der Waals surface area contributed by atoms with Crippen LogP contribution in [0.25, 0.3) is 0 Å². The van der Waals surface area contributed by atoms with Crippen molar-refractivity contribution in [2.75, 3.05) is 11.3 Å². The van der Waals surface area contributed by atoms with Gasteiger partial charge in [-0.3, -0.25) is 9.52 Å². The number of carbonyl (C=O) groups is 1. The van der Waals surface area contributed by atoms with Crippen LogP contribution in [0.15, 0.2) is 53.4 Å². The molecular formula is C20H23FN2O4S. The van der Waals surface area contributed by atoms with E-state index in [2.05, 4.69) is 10.0 Å². The first-order valence-corrected chi connectivity index (χ1v) is 10.7. The van der Waals surface area contributed by atoms with Gasteiger partial charge in [0.2, 0.25) is 0 Å². The monoisotopic (exact) mass is 406 g/mol. The Bertz CT molecular complexity index is 893. The second-order valence-corrected chi connectivity index (χ2v) is 8.46. The maximum atomic E-state index is 12.9. The molecule has 0 bridgehead atoms. The van der Waals surface area contributed by atoms with Crippen LogP contribution in [0, 0.1) is 5.82 Å². The Morgan fingerprint density at radius 2 is 1.64 bits per heavy atom. The van der Waals surface area contributed by atoms with Gasteiger partial charge in [-0.1, -0.05) is 19.3 Å². The molecular weight excluding hydrogens is 383 g/mol. The lowest BCUT2D eigenvalue weighted by Crippen LogP contribution is -2.38. The number of hydrogen-bond acceptors (Lipinski definition) is 4. The lowest BCUT2D eigenvalue weighted by atomic mass is 9.95. The molecule has 0 atom stereocenters. The zero-order valence-electron chi connectivity index (χ0n) is 15.4. The van der Waals surface area contributed by atoms with Gasteiger partial charge in [-0.15, -0.1) is 0 Å². The highest BCUT2D eigenvalue weighted by Crippen LogP contribution is 2.20. The van der Waals surface area contributed by atoms with Gasteiger partial charge in [0.25, 0.3) is 15.9 Å². The molecule has 28 heavy (non-hydrogen) atoms. The van der Waals surface area contributed by atoms with Crippen molar-refractivity contribution in [1.29, 1.82) is 0 Å². The molecule has 0 aliphatic heterocycles. The minimum Gasteiger partial charge on any atom is -0.484 e. The molecule has 150 valence electrons. The van der Waals surface area contributed by atoms with Gasteiger partial charge in [-0.05, 0) is 61.4 Å². The van der Waals surface area contributed by atoms with Crippen LogP contribution in [0.2, 0.25) is 0 Å². The first-order chi connectivity index (χ1) is 13.4. The van der Waals surface area contributed by atoms with Gasteiger partial charge in [-0.25, -0.2) is 12.8 Å². The summed E-state index contributed by atoms with van der Waals surface area (Å²) in [5.41, 5.74) is 0.265. The van der Waals surface area contributed by atoms with E-state index in [0.717, 1.165) is 25.7 Å². The summed E-state index contributed by atoms with van der Waals surface area (Å²) >= 11 is 0. The molecule has 0 spiro atoms. The summed E-state index contributed by atoms with van der Waals surface area (Å²) in [7, 11) is -3.80. The van der Waals surface area contributed by atoms with Crippen LogP contribution in [0.1, 0.15) is 32.1 Å². The summed E-state index contributed by atoms with van der Waals surface area (Å²) in [6, 6.07) is 11.0. The summed E-state index contributed by atoms with van der Waals surface area (Å²) in [5.74, 6) is -0.224. The number of hydrogen-bond donors (Lipinski definition) is 2. The van der Waals surface area contributed by atoms with E-state index < -0.39 is 15.8 Å². The lowest BCUT2D eigenvalue weighted by Gasteiger charge is -2.22. The molecule has 1 saturated carbocycles. The second-order valence-electron chi connectivity index (χ2n) is 6.77. The molecule has 1 aliphatic rings. The van der Waals surface area contributed by atoms with Gasteiger partial charge in [0.05, 0.1) is 4.90 Å². The number of carbonyl (C=O) groups excluding carboxylic acids is 1. The van der Waals surface area contributed by atoms with Crippen molar-refractivity contribution < 1.29 is 22.3 Å². The topological polar surface area (TPSA) is 84.5 Å². The van der Waals surface area contributed by atoms with Crippen molar-refractivity contribution in [3.8, 4) is 5.75 Å². The highest BCUT2D eigenvalue weighted by atomic mass is 32.2. The summed E-state index contributed by atoms with van der Waals surface area (Å²) in [6.07, 6.45) is 5.48. The minimum atomic E-state index is -3.80. The first-order valence-electron chi connectivity index (χ1n) is 9.23. The molecule has 2 N–H and O–H groups in total. The fraction of sp³-hybridized carbons (Fsp3) is 0.350. The molecule has 3 rings (SSSR count). The van der Waals surface area contributed by atoms with E-state index in [-0.39, 0.29) is 29.1 Å². The van der Waals surface area contributed by atoms with E-state index in [9.17, 15) is 17.6 Å². The van der Waals surface area contributed by atoms with Gasteiger partial charge < -0.3 is 10.1 Å². The molecule has 2 aromatic carbocycles. The summed E-state index contributed by atoms with van der Waals surface area (Å²) in [4.78, 5) is 12.0. The van der Waals surface area contributed by atoms with E-state index in [4.69, 9.17) is 4.74 Å². The van der Waals surface area contributed by atoms with E-state index in [0.29, 0.717) is 5.75 Å². The van der Waals surface area contributed by atoms with Crippen LogP contribution in [0.3, 0.4) is 0 Å². The van der Waals surface area contributed by atoms with E-state index in [1.165, 1.54) is 55.0 Å². The molecule has 0 heterocycles. The van der Waals surface area contributed by atoms with Gasteiger partial charge >= 0.3 is 0 Å². The summed E-state index contributed by atoms with van der Waals surface area (Å²) < 4.78 is 45.5. The van der Waals surface area contributed by atoms with Crippen molar-refractivity contribution in [2.45, 2.75) is 43.0 Å². The minimum absolute atomic E-state index is 0.0378. The van der Waals surface area contributed by atoms with Crippen molar-refractivity contribution >= 4 is 21.6 Å². The number of nitrogens with one attached hydrogen (secondary N) is 2. The third-order valence-corrected chi connectivity index (χ3v) is 5.97. The van der Waals surface area contributed by atoms with Crippen molar-refractivity contribution in [2.24, 2.45) is 0 Å².